The Morgan fingerprint density at radius 2 is 2.08 bits per heavy atom. The Kier molecular flexibility index (Phi) is 6.78. The molecule has 0 aromatic heterocycles. The third kappa shape index (κ3) is 4.69. The Bertz CT molecular complexity index is 655. The number of halogens is 3. The highest BCUT2D eigenvalue weighted by atomic mass is 79.9. The number of allylic oxidation sites excluding steroid dienone is 2. The van der Waals surface area contributed by atoms with Crippen molar-refractivity contribution in [3.05, 3.63) is 39.9 Å². The molecule has 2 unspecified atom stereocenters. The first kappa shape index (κ1) is 20.1. The third-order valence-corrected chi connectivity index (χ3v) is 5.25. The Morgan fingerprint density at radius 1 is 1.36 bits per heavy atom. The zero-order valence-electron chi connectivity index (χ0n) is 15.0. The first-order chi connectivity index (χ1) is 11.9. The Hall–Kier alpha value is -1.23. The van der Waals surface area contributed by atoms with Crippen LogP contribution in [0.3, 0.4) is 0 Å². The minimum atomic E-state index is -2.59. The minimum absolute atomic E-state index is 0.113. The van der Waals surface area contributed by atoms with Gasteiger partial charge in [0.15, 0.2) is 0 Å². The number of carbonyl (C=O) groups is 1. The maximum Gasteiger partial charge on any atom is 0.309 e. The van der Waals surface area contributed by atoms with Crippen LogP contribution >= 0.6 is 15.9 Å². The molecule has 2 nitrogen and oxygen atoms in total. The van der Waals surface area contributed by atoms with E-state index >= 15 is 0 Å². The molecule has 0 heterocycles. The van der Waals surface area contributed by atoms with Gasteiger partial charge in [-0.25, -0.2) is 8.78 Å². The van der Waals surface area contributed by atoms with E-state index in [-0.39, 0.29) is 30.6 Å². The van der Waals surface area contributed by atoms with Crippen molar-refractivity contribution in [1.82, 2.24) is 0 Å². The van der Waals surface area contributed by atoms with Gasteiger partial charge in [-0.3, -0.25) is 4.79 Å². The van der Waals surface area contributed by atoms with E-state index in [1.807, 2.05) is 32.0 Å². The average molecular weight is 415 g/mol. The molecule has 0 spiro atoms. The van der Waals surface area contributed by atoms with Crippen LogP contribution in [0.25, 0.3) is 5.57 Å². The lowest BCUT2D eigenvalue weighted by Gasteiger charge is -2.23. The summed E-state index contributed by atoms with van der Waals surface area (Å²) >= 11 is 3.56. The highest BCUT2D eigenvalue weighted by Crippen LogP contribution is 2.53. The third-order valence-electron chi connectivity index (χ3n) is 4.56. The molecule has 0 aliphatic heterocycles. The molecule has 2 atom stereocenters. The number of rotatable bonds is 4. The summed E-state index contributed by atoms with van der Waals surface area (Å²) in [6.07, 6.45) is 2.46. The Balaban J connectivity index is 0.00000109. The average Bonchev–Trinajstić information content (AvgIpc) is 3.37. The van der Waals surface area contributed by atoms with Crippen LogP contribution in [-0.4, -0.2) is 18.5 Å². The molecule has 138 valence electrons. The second kappa shape index (κ2) is 8.43. The van der Waals surface area contributed by atoms with Crippen molar-refractivity contribution in [2.45, 2.75) is 58.3 Å². The molecule has 0 N–H and O–H groups in total. The highest BCUT2D eigenvalue weighted by Gasteiger charge is 2.47. The minimum Gasteiger partial charge on any atom is -0.466 e. The van der Waals surface area contributed by atoms with Crippen molar-refractivity contribution in [2.24, 2.45) is 5.92 Å². The number of carbonyl (C=O) groups excluding carboxylic acids is 1. The van der Waals surface area contributed by atoms with Crippen molar-refractivity contribution in [3.8, 4) is 0 Å². The first-order valence-corrected chi connectivity index (χ1v) is 9.74. The lowest BCUT2D eigenvalue weighted by atomic mass is 9.87. The van der Waals surface area contributed by atoms with Gasteiger partial charge in [-0.2, -0.15) is 0 Å². The lowest BCUT2D eigenvalue weighted by molar-refractivity contribution is -0.144. The quantitative estimate of drug-likeness (QED) is 0.536. The fourth-order valence-electron chi connectivity index (χ4n) is 3.26. The molecule has 25 heavy (non-hydrogen) atoms. The van der Waals surface area contributed by atoms with Gasteiger partial charge in [0.1, 0.15) is 0 Å². The number of hydrogen-bond donors (Lipinski definition) is 0. The summed E-state index contributed by atoms with van der Waals surface area (Å²) in [4.78, 5) is 11.9. The van der Waals surface area contributed by atoms with Crippen LogP contribution in [0.1, 0.15) is 63.5 Å². The summed E-state index contributed by atoms with van der Waals surface area (Å²) in [6, 6.07) is 5.82. The van der Waals surface area contributed by atoms with Crippen molar-refractivity contribution in [1.29, 1.82) is 0 Å². The molecule has 0 radical (unpaired) electrons. The molecule has 1 aromatic carbocycles. The van der Waals surface area contributed by atoms with Crippen LogP contribution in [-0.2, 0) is 9.53 Å². The van der Waals surface area contributed by atoms with Gasteiger partial charge in [-0.15, -0.1) is 0 Å². The maximum absolute atomic E-state index is 13.4. The summed E-state index contributed by atoms with van der Waals surface area (Å²) in [7, 11) is 0. The van der Waals surface area contributed by atoms with Crippen LogP contribution in [0, 0.1) is 5.92 Å². The van der Waals surface area contributed by atoms with Crippen LogP contribution in [0.5, 0.6) is 0 Å². The SMILES string of the molecule is CC.CCOC(=O)C1CC1c1c(Br)cccc1C1=CCC(F)(F)CC1. The van der Waals surface area contributed by atoms with E-state index in [1.165, 1.54) is 0 Å². The largest absolute Gasteiger partial charge is 0.466 e. The number of ether oxygens (including phenoxy) is 1. The molecule has 2 aliphatic rings. The van der Waals surface area contributed by atoms with E-state index in [4.69, 9.17) is 4.74 Å². The molecule has 1 aromatic rings. The fourth-order valence-corrected chi connectivity index (χ4v) is 3.92. The molecule has 3 rings (SSSR count). The van der Waals surface area contributed by atoms with Crippen LogP contribution in [0.15, 0.2) is 28.7 Å². The summed E-state index contributed by atoms with van der Waals surface area (Å²) in [5, 5.41) is 0. The molecule has 1 fully saturated rings. The van der Waals surface area contributed by atoms with Crippen molar-refractivity contribution < 1.29 is 18.3 Å². The van der Waals surface area contributed by atoms with Crippen LogP contribution in [0.2, 0.25) is 0 Å². The second-order valence-electron chi connectivity index (χ2n) is 6.19. The van der Waals surface area contributed by atoms with E-state index in [2.05, 4.69) is 15.9 Å². The van der Waals surface area contributed by atoms with Gasteiger partial charge in [0.05, 0.1) is 12.5 Å². The summed E-state index contributed by atoms with van der Waals surface area (Å²) < 4.78 is 32.8. The Morgan fingerprint density at radius 3 is 2.68 bits per heavy atom. The highest BCUT2D eigenvalue weighted by molar-refractivity contribution is 9.10. The van der Waals surface area contributed by atoms with Crippen LogP contribution < -0.4 is 0 Å². The fraction of sp³-hybridized carbons (Fsp3) is 0.550. The standard InChI is InChI=1S/C18H19BrF2O2.C2H6/c1-2-23-17(22)14-10-13(14)16-12(4-3-5-15(16)19)11-6-8-18(20,21)9-7-11;1-2/h3-6,13-14H,2,7-10H2,1H3;1-2H3. The first-order valence-electron chi connectivity index (χ1n) is 8.95. The molecule has 1 saturated carbocycles. The molecule has 0 saturated heterocycles. The number of hydrogen-bond acceptors (Lipinski definition) is 2. The molecule has 5 heteroatoms. The van der Waals surface area contributed by atoms with Gasteiger partial charge in [0.25, 0.3) is 5.92 Å². The van der Waals surface area contributed by atoms with Crippen LogP contribution in [0.4, 0.5) is 8.78 Å². The Labute approximate surface area is 156 Å². The van der Waals surface area contributed by atoms with E-state index in [9.17, 15) is 13.6 Å². The molecule has 0 amide bonds. The number of alkyl halides is 2. The second-order valence-corrected chi connectivity index (χ2v) is 7.05. The summed E-state index contributed by atoms with van der Waals surface area (Å²) in [5.74, 6) is -2.76. The zero-order chi connectivity index (χ0) is 18.6. The van der Waals surface area contributed by atoms with E-state index in [1.54, 1.807) is 13.0 Å². The zero-order valence-corrected chi connectivity index (χ0v) is 16.5. The topological polar surface area (TPSA) is 26.3 Å². The van der Waals surface area contributed by atoms with E-state index in [0.717, 1.165) is 27.6 Å². The smallest absolute Gasteiger partial charge is 0.309 e. The maximum atomic E-state index is 13.4. The molecule has 2 aliphatic carbocycles. The van der Waals surface area contributed by atoms with Gasteiger partial charge >= 0.3 is 5.97 Å². The van der Waals surface area contributed by atoms with Crippen molar-refractivity contribution in [3.63, 3.8) is 0 Å². The van der Waals surface area contributed by atoms with E-state index in [0.29, 0.717) is 13.0 Å². The van der Waals surface area contributed by atoms with Crippen molar-refractivity contribution in [2.75, 3.05) is 6.61 Å². The summed E-state index contributed by atoms with van der Waals surface area (Å²) in [5.41, 5.74) is 3.01. The monoisotopic (exact) mass is 414 g/mol. The van der Waals surface area contributed by atoms with Crippen molar-refractivity contribution >= 4 is 27.5 Å². The molecular weight excluding hydrogens is 390 g/mol. The van der Waals surface area contributed by atoms with Gasteiger partial charge in [0, 0.05) is 17.3 Å². The lowest BCUT2D eigenvalue weighted by Crippen LogP contribution is -2.18. The van der Waals surface area contributed by atoms with Gasteiger partial charge in [0.2, 0.25) is 0 Å². The van der Waals surface area contributed by atoms with Gasteiger partial charge in [-0.05, 0) is 48.4 Å². The van der Waals surface area contributed by atoms with Gasteiger partial charge < -0.3 is 4.74 Å². The molecule has 0 bridgehead atoms. The van der Waals surface area contributed by atoms with E-state index < -0.39 is 5.92 Å². The predicted molar refractivity (Wildman–Crippen MR) is 99.7 cm³/mol. The summed E-state index contributed by atoms with van der Waals surface area (Å²) in [6.45, 7) is 6.18. The number of esters is 1. The predicted octanol–water partition coefficient (Wildman–Crippen LogP) is 6.34. The van der Waals surface area contributed by atoms with Gasteiger partial charge in [-0.1, -0.05) is 48.0 Å². The molecular formula is C20H25BrF2O2. The number of benzene rings is 1. The normalized spacial score (nSPS) is 23.8.